The van der Waals surface area contributed by atoms with Gasteiger partial charge in [0.2, 0.25) is 0 Å². The summed E-state index contributed by atoms with van der Waals surface area (Å²) in [7, 11) is 0. The summed E-state index contributed by atoms with van der Waals surface area (Å²) in [5.74, 6) is 0. The first kappa shape index (κ1) is 15.3. The minimum atomic E-state index is -0.533. The van der Waals surface area contributed by atoms with Crippen LogP contribution in [0.2, 0.25) is 0 Å². The highest BCUT2D eigenvalue weighted by Gasteiger charge is 2.16. The van der Waals surface area contributed by atoms with E-state index in [2.05, 4.69) is 5.32 Å². The van der Waals surface area contributed by atoms with Gasteiger partial charge in [0.25, 0.3) is 0 Å². The molecule has 0 atom stereocenters. The summed E-state index contributed by atoms with van der Waals surface area (Å²) < 4.78 is 5.21. The fraction of sp³-hybridized carbons (Fsp3) is 0.250. The van der Waals surface area contributed by atoms with Crippen molar-refractivity contribution in [2.75, 3.05) is 5.32 Å². The molecule has 4 nitrogen and oxygen atoms in total. The number of rotatable bonds is 3. The highest BCUT2D eigenvalue weighted by molar-refractivity contribution is 7.17. The van der Waals surface area contributed by atoms with E-state index in [1.54, 1.807) is 12.1 Å². The smallest absolute Gasteiger partial charge is 0.412 e. The van der Waals surface area contributed by atoms with Crippen LogP contribution < -0.4 is 5.32 Å². The van der Waals surface area contributed by atoms with Crippen LogP contribution in [0.4, 0.5) is 10.5 Å². The number of ether oxygens (including phenoxy) is 1. The van der Waals surface area contributed by atoms with E-state index in [-0.39, 0.29) is 0 Å². The van der Waals surface area contributed by atoms with Crippen LogP contribution >= 0.6 is 11.3 Å². The zero-order valence-electron chi connectivity index (χ0n) is 12.2. The second-order valence-corrected chi connectivity index (χ2v) is 6.64. The number of nitrogens with one attached hydrogen (secondary N) is 1. The van der Waals surface area contributed by atoms with Crippen molar-refractivity contribution >= 4 is 29.4 Å². The van der Waals surface area contributed by atoms with Crippen LogP contribution in [0.25, 0.3) is 10.4 Å². The van der Waals surface area contributed by atoms with Crippen LogP contribution in [-0.4, -0.2) is 18.0 Å². The molecule has 0 fully saturated rings. The van der Waals surface area contributed by atoms with Gasteiger partial charge in [-0.2, -0.15) is 0 Å². The quantitative estimate of drug-likeness (QED) is 0.845. The summed E-state index contributed by atoms with van der Waals surface area (Å²) in [5.41, 5.74) is 1.07. The lowest BCUT2D eigenvalue weighted by Crippen LogP contribution is -2.27. The number of benzene rings is 1. The number of hydrogen-bond acceptors (Lipinski definition) is 4. The fourth-order valence-corrected chi connectivity index (χ4v) is 2.56. The first-order chi connectivity index (χ1) is 9.87. The van der Waals surface area contributed by atoms with Crippen molar-refractivity contribution in [3.8, 4) is 10.4 Å². The van der Waals surface area contributed by atoms with Crippen molar-refractivity contribution in [3.05, 3.63) is 41.3 Å². The summed E-state index contributed by atoms with van der Waals surface area (Å²) in [6, 6.07) is 11.1. The lowest BCUT2D eigenvalue weighted by atomic mass is 10.1. The van der Waals surface area contributed by atoms with Gasteiger partial charge in [0, 0.05) is 10.6 Å². The van der Waals surface area contributed by atoms with Gasteiger partial charge < -0.3 is 4.74 Å². The molecule has 0 aliphatic rings. The molecular weight excluding hydrogens is 286 g/mol. The van der Waals surface area contributed by atoms with Crippen molar-refractivity contribution in [2.45, 2.75) is 26.4 Å². The third-order valence-corrected chi connectivity index (χ3v) is 3.60. The number of aldehydes is 1. The Bertz CT molecular complexity index is 656. The Labute approximate surface area is 127 Å². The molecular formula is C16H17NO3S. The molecule has 5 heteroatoms. The molecule has 0 unspecified atom stereocenters. The molecule has 2 rings (SSSR count). The molecule has 0 saturated heterocycles. The van der Waals surface area contributed by atoms with E-state index in [9.17, 15) is 9.59 Å². The molecule has 0 radical (unpaired) electrons. The number of amides is 1. The first-order valence-electron chi connectivity index (χ1n) is 6.53. The molecule has 21 heavy (non-hydrogen) atoms. The standard InChI is InChI=1S/C16H17NO3S/c1-16(2,3)20-15(19)17-12-6-4-5-11(9-12)14-8-7-13(10-18)21-14/h4-10H,1-3H3,(H,17,19). The van der Waals surface area contributed by atoms with Crippen LogP contribution in [-0.2, 0) is 4.74 Å². The summed E-state index contributed by atoms with van der Waals surface area (Å²) in [6.07, 6.45) is 0.344. The van der Waals surface area contributed by atoms with Gasteiger partial charge in [-0.05, 0) is 50.6 Å². The summed E-state index contributed by atoms with van der Waals surface area (Å²) in [4.78, 5) is 24.1. The number of anilines is 1. The molecule has 0 aliphatic heterocycles. The number of thiophene rings is 1. The van der Waals surface area contributed by atoms with Gasteiger partial charge in [0.05, 0.1) is 4.88 Å². The zero-order chi connectivity index (χ0) is 15.5. The first-order valence-corrected chi connectivity index (χ1v) is 7.34. The van der Waals surface area contributed by atoms with Gasteiger partial charge in [-0.3, -0.25) is 10.1 Å². The molecule has 110 valence electrons. The van der Waals surface area contributed by atoms with Crippen LogP contribution in [0.1, 0.15) is 30.4 Å². The molecule has 0 bridgehead atoms. The molecule has 0 saturated carbocycles. The van der Waals surface area contributed by atoms with Crippen molar-refractivity contribution in [2.24, 2.45) is 0 Å². The number of carbonyl (C=O) groups excluding carboxylic acids is 2. The number of hydrogen-bond donors (Lipinski definition) is 1. The third kappa shape index (κ3) is 4.43. The van der Waals surface area contributed by atoms with Gasteiger partial charge in [0.15, 0.2) is 6.29 Å². The Morgan fingerprint density at radius 2 is 2.00 bits per heavy atom. The molecule has 1 heterocycles. The largest absolute Gasteiger partial charge is 0.444 e. The van der Waals surface area contributed by atoms with Crippen molar-refractivity contribution in [1.29, 1.82) is 0 Å². The summed E-state index contributed by atoms with van der Waals surface area (Å²) in [6.45, 7) is 5.45. The summed E-state index contributed by atoms with van der Waals surface area (Å²) >= 11 is 1.41. The second kappa shape index (κ2) is 6.10. The average molecular weight is 303 g/mol. The van der Waals surface area contributed by atoms with E-state index in [0.717, 1.165) is 16.7 Å². The second-order valence-electron chi connectivity index (χ2n) is 5.53. The van der Waals surface area contributed by atoms with E-state index >= 15 is 0 Å². The highest BCUT2D eigenvalue weighted by Crippen LogP contribution is 2.29. The molecule has 1 amide bonds. The molecule has 1 aromatic heterocycles. The Kier molecular flexibility index (Phi) is 4.43. The van der Waals surface area contributed by atoms with Crippen molar-refractivity contribution in [1.82, 2.24) is 0 Å². The van der Waals surface area contributed by atoms with Gasteiger partial charge in [-0.1, -0.05) is 12.1 Å². The maximum atomic E-state index is 11.7. The average Bonchev–Trinajstić information content (AvgIpc) is 2.85. The van der Waals surface area contributed by atoms with Crippen molar-refractivity contribution < 1.29 is 14.3 Å². The molecule has 0 aliphatic carbocycles. The maximum absolute atomic E-state index is 11.7. The van der Waals surface area contributed by atoms with Gasteiger partial charge in [-0.15, -0.1) is 11.3 Å². The topological polar surface area (TPSA) is 55.4 Å². The van der Waals surface area contributed by atoms with E-state index in [1.807, 2.05) is 45.0 Å². The number of carbonyl (C=O) groups is 2. The van der Waals surface area contributed by atoms with Crippen LogP contribution in [0.5, 0.6) is 0 Å². The fourth-order valence-electron chi connectivity index (χ4n) is 1.74. The van der Waals surface area contributed by atoms with Crippen LogP contribution in [0.3, 0.4) is 0 Å². The minimum Gasteiger partial charge on any atom is -0.444 e. The van der Waals surface area contributed by atoms with E-state index in [0.29, 0.717) is 10.6 Å². The summed E-state index contributed by atoms with van der Waals surface area (Å²) in [5, 5.41) is 2.70. The van der Waals surface area contributed by atoms with Crippen LogP contribution in [0, 0.1) is 0 Å². The zero-order valence-corrected chi connectivity index (χ0v) is 13.0. The van der Waals surface area contributed by atoms with Gasteiger partial charge in [0.1, 0.15) is 5.60 Å². The molecule has 2 aromatic rings. The Morgan fingerprint density at radius 3 is 2.62 bits per heavy atom. The lowest BCUT2D eigenvalue weighted by molar-refractivity contribution is 0.0636. The van der Waals surface area contributed by atoms with Crippen LogP contribution in [0.15, 0.2) is 36.4 Å². The van der Waals surface area contributed by atoms with E-state index in [1.165, 1.54) is 11.3 Å². The minimum absolute atomic E-state index is 0.487. The van der Waals surface area contributed by atoms with Gasteiger partial charge >= 0.3 is 6.09 Å². The monoisotopic (exact) mass is 303 g/mol. The Hall–Kier alpha value is -2.14. The lowest BCUT2D eigenvalue weighted by Gasteiger charge is -2.19. The Morgan fingerprint density at radius 1 is 1.24 bits per heavy atom. The predicted molar refractivity (Wildman–Crippen MR) is 85.0 cm³/mol. The normalized spacial score (nSPS) is 11.0. The molecule has 1 aromatic carbocycles. The van der Waals surface area contributed by atoms with Crippen molar-refractivity contribution in [3.63, 3.8) is 0 Å². The molecule has 1 N–H and O–H groups in total. The Balaban J connectivity index is 2.14. The highest BCUT2D eigenvalue weighted by atomic mass is 32.1. The third-order valence-electron chi connectivity index (χ3n) is 2.54. The SMILES string of the molecule is CC(C)(C)OC(=O)Nc1cccc(-c2ccc(C=O)s2)c1. The van der Waals surface area contributed by atoms with E-state index < -0.39 is 11.7 Å². The molecule has 0 spiro atoms. The van der Waals surface area contributed by atoms with E-state index in [4.69, 9.17) is 4.74 Å². The van der Waals surface area contributed by atoms with Gasteiger partial charge in [-0.25, -0.2) is 4.79 Å². The predicted octanol–water partition coefficient (Wildman–Crippen LogP) is 4.57. The maximum Gasteiger partial charge on any atom is 0.412 e.